The molecule has 1 atom stereocenters. The Morgan fingerprint density at radius 1 is 0.946 bits per heavy atom. The van der Waals surface area contributed by atoms with Crippen LogP contribution in [0.4, 0.5) is 10.1 Å². The molecule has 194 valence electrons. The molecular weight excluding hydrogens is 493 g/mol. The van der Waals surface area contributed by atoms with Crippen LogP contribution in [-0.4, -0.2) is 39.5 Å². The van der Waals surface area contributed by atoms with Gasteiger partial charge in [-0.25, -0.2) is 4.39 Å². The first-order valence-corrected chi connectivity index (χ1v) is 13.1. The highest BCUT2D eigenvalue weighted by Gasteiger charge is 2.30. The summed E-state index contributed by atoms with van der Waals surface area (Å²) in [5, 5.41) is 13.8. The second kappa shape index (κ2) is 13.5. The van der Waals surface area contributed by atoms with E-state index in [0.29, 0.717) is 17.7 Å². The summed E-state index contributed by atoms with van der Waals surface area (Å²) in [7, 11) is 0. The van der Waals surface area contributed by atoms with Crippen LogP contribution in [-0.2, 0) is 28.3 Å². The van der Waals surface area contributed by atoms with Gasteiger partial charge in [0, 0.05) is 36.9 Å². The number of amides is 2. The van der Waals surface area contributed by atoms with Gasteiger partial charge in [-0.15, -0.1) is 11.8 Å². The number of rotatable bonds is 12. The van der Waals surface area contributed by atoms with E-state index in [2.05, 4.69) is 5.32 Å². The van der Waals surface area contributed by atoms with Crippen molar-refractivity contribution in [3.8, 4) is 0 Å². The van der Waals surface area contributed by atoms with Crippen LogP contribution in [0.5, 0.6) is 0 Å². The molecule has 0 fully saturated rings. The van der Waals surface area contributed by atoms with E-state index in [1.807, 2.05) is 44.2 Å². The highest BCUT2D eigenvalue weighted by Crippen LogP contribution is 2.20. The van der Waals surface area contributed by atoms with Gasteiger partial charge >= 0.3 is 0 Å². The zero-order valence-corrected chi connectivity index (χ0v) is 21.6. The Bertz CT molecular complexity index is 1190. The molecule has 0 aromatic heterocycles. The first-order chi connectivity index (χ1) is 17.7. The zero-order chi connectivity index (χ0) is 26.8. The van der Waals surface area contributed by atoms with Crippen LogP contribution in [0.25, 0.3) is 0 Å². The van der Waals surface area contributed by atoms with E-state index in [1.165, 1.54) is 36.0 Å². The summed E-state index contributed by atoms with van der Waals surface area (Å²) in [6.07, 6.45) is 0.333. The molecule has 0 bridgehead atoms. The monoisotopic (exact) mass is 523 g/mol. The van der Waals surface area contributed by atoms with Crippen molar-refractivity contribution >= 4 is 29.3 Å². The van der Waals surface area contributed by atoms with E-state index in [1.54, 1.807) is 29.2 Å². The van der Waals surface area contributed by atoms with E-state index in [4.69, 9.17) is 0 Å². The van der Waals surface area contributed by atoms with Crippen molar-refractivity contribution in [2.75, 3.05) is 5.75 Å². The van der Waals surface area contributed by atoms with Crippen molar-refractivity contribution in [2.45, 2.75) is 44.6 Å². The van der Waals surface area contributed by atoms with Gasteiger partial charge in [0.2, 0.25) is 11.8 Å². The van der Waals surface area contributed by atoms with Gasteiger partial charge in [-0.3, -0.25) is 19.7 Å². The van der Waals surface area contributed by atoms with Crippen molar-refractivity contribution in [2.24, 2.45) is 0 Å². The van der Waals surface area contributed by atoms with E-state index in [9.17, 15) is 24.1 Å². The standard InChI is InChI=1S/C28H30FN3O4S/c1-20(2)30-28(34)26(16-21-6-4-3-5-7-21)31(17-22-8-12-24(29)13-9-22)27(33)19-37-18-23-10-14-25(15-11-23)32(35)36/h3-15,20,26H,16-19H2,1-2H3,(H,30,34)/t26-/m1/s1. The Hall–Kier alpha value is -3.72. The van der Waals surface area contributed by atoms with Gasteiger partial charge in [0.25, 0.3) is 5.69 Å². The minimum absolute atomic E-state index is 0.00946. The predicted molar refractivity (Wildman–Crippen MR) is 143 cm³/mol. The molecule has 0 radical (unpaired) electrons. The topological polar surface area (TPSA) is 92.6 Å². The maximum absolute atomic E-state index is 13.5. The minimum atomic E-state index is -0.762. The fourth-order valence-electron chi connectivity index (χ4n) is 3.77. The van der Waals surface area contributed by atoms with Crippen LogP contribution >= 0.6 is 11.8 Å². The van der Waals surface area contributed by atoms with E-state index < -0.39 is 11.0 Å². The molecule has 1 N–H and O–H groups in total. The van der Waals surface area contributed by atoms with Crippen LogP contribution in [0, 0.1) is 15.9 Å². The van der Waals surface area contributed by atoms with Crippen LogP contribution in [0.15, 0.2) is 78.9 Å². The van der Waals surface area contributed by atoms with Crippen LogP contribution in [0.2, 0.25) is 0 Å². The largest absolute Gasteiger partial charge is 0.352 e. The number of nitrogens with zero attached hydrogens (tertiary/aromatic N) is 2. The van der Waals surface area contributed by atoms with Gasteiger partial charge in [0.15, 0.2) is 0 Å². The summed E-state index contributed by atoms with van der Waals surface area (Å²) in [5.41, 5.74) is 2.49. The third-order valence-corrected chi connectivity index (χ3v) is 6.60. The summed E-state index contributed by atoms with van der Waals surface area (Å²) in [5.74, 6) is -0.266. The Kier molecular flexibility index (Phi) is 10.2. The molecular formula is C28H30FN3O4S. The predicted octanol–water partition coefficient (Wildman–Crippen LogP) is 5.13. The fourth-order valence-corrected chi connectivity index (χ4v) is 4.64. The van der Waals surface area contributed by atoms with Crippen LogP contribution in [0.1, 0.15) is 30.5 Å². The number of carbonyl (C=O) groups excluding carboxylic acids is 2. The number of thioether (sulfide) groups is 1. The number of hydrogen-bond donors (Lipinski definition) is 1. The number of carbonyl (C=O) groups is 2. The summed E-state index contributed by atoms with van der Waals surface area (Å²) in [6, 6.07) is 20.7. The number of nitrogens with one attached hydrogen (secondary N) is 1. The molecule has 0 spiro atoms. The summed E-state index contributed by atoms with van der Waals surface area (Å²) in [6.45, 7) is 3.88. The van der Waals surface area contributed by atoms with Crippen LogP contribution in [0.3, 0.4) is 0 Å². The highest BCUT2D eigenvalue weighted by atomic mass is 32.2. The molecule has 37 heavy (non-hydrogen) atoms. The Morgan fingerprint density at radius 2 is 1.57 bits per heavy atom. The maximum Gasteiger partial charge on any atom is 0.269 e. The van der Waals surface area contributed by atoms with Crippen molar-refractivity contribution in [1.29, 1.82) is 0 Å². The quantitative estimate of drug-likeness (QED) is 0.262. The van der Waals surface area contributed by atoms with Gasteiger partial charge in [0.05, 0.1) is 10.7 Å². The molecule has 3 aromatic rings. The van der Waals surface area contributed by atoms with Crippen molar-refractivity contribution in [3.05, 3.63) is 111 Å². The first kappa shape index (κ1) is 27.9. The minimum Gasteiger partial charge on any atom is -0.352 e. The summed E-state index contributed by atoms with van der Waals surface area (Å²) < 4.78 is 13.5. The van der Waals surface area contributed by atoms with Gasteiger partial charge in [0.1, 0.15) is 11.9 Å². The number of nitro groups is 1. The lowest BCUT2D eigenvalue weighted by molar-refractivity contribution is -0.384. The molecule has 0 unspecified atom stereocenters. The first-order valence-electron chi connectivity index (χ1n) is 11.9. The van der Waals surface area contributed by atoms with Crippen molar-refractivity contribution in [1.82, 2.24) is 10.2 Å². The average Bonchev–Trinajstić information content (AvgIpc) is 2.87. The molecule has 9 heteroatoms. The lowest BCUT2D eigenvalue weighted by Crippen LogP contribution is -2.52. The number of hydrogen-bond acceptors (Lipinski definition) is 5. The lowest BCUT2D eigenvalue weighted by atomic mass is 10.0. The Morgan fingerprint density at radius 3 is 2.16 bits per heavy atom. The summed E-state index contributed by atoms with van der Waals surface area (Å²) >= 11 is 1.37. The smallest absolute Gasteiger partial charge is 0.269 e. The molecule has 2 amide bonds. The van der Waals surface area contributed by atoms with E-state index >= 15 is 0 Å². The Balaban J connectivity index is 1.81. The van der Waals surface area contributed by atoms with Crippen LogP contribution < -0.4 is 5.32 Å². The second-order valence-corrected chi connectivity index (χ2v) is 9.92. The molecule has 0 heterocycles. The zero-order valence-electron chi connectivity index (χ0n) is 20.8. The molecule has 0 aliphatic carbocycles. The fraction of sp³-hybridized carbons (Fsp3) is 0.286. The molecule has 0 aliphatic rings. The average molecular weight is 524 g/mol. The van der Waals surface area contributed by atoms with Gasteiger partial charge in [-0.1, -0.05) is 54.6 Å². The van der Waals surface area contributed by atoms with E-state index in [-0.39, 0.29) is 41.7 Å². The SMILES string of the molecule is CC(C)NC(=O)[C@@H](Cc1ccccc1)N(Cc1ccc(F)cc1)C(=O)CSCc1ccc([N+](=O)[O-])cc1. The molecule has 0 saturated heterocycles. The third kappa shape index (κ3) is 8.71. The van der Waals surface area contributed by atoms with Gasteiger partial charge in [-0.05, 0) is 42.7 Å². The second-order valence-electron chi connectivity index (χ2n) is 8.93. The van der Waals surface area contributed by atoms with Gasteiger partial charge in [-0.2, -0.15) is 0 Å². The van der Waals surface area contributed by atoms with Crippen molar-refractivity contribution < 1.29 is 18.9 Å². The normalized spacial score (nSPS) is 11.7. The number of halogens is 1. The number of benzene rings is 3. The molecule has 3 aromatic carbocycles. The maximum atomic E-state index is 13.5. The number of nitro benzene ring substituents is 1. The third-order valence-electron chi connectivity index (χ3n) is 5.61. The molecule has 7 nitrogen and oxygen atoms in total. The van der Waals surface area contributed by atoms with Gasteiger partial charge < -0.3 is 10.2 Å². The van der Waals surface area contributed by atoms with Crippen molar-refractivity contribution in [3.63, 3.8) is 0 Å². The summed E-state index contributed by atoms with van der Waals surface area (Å²) in [4.78, 5) is 38.8. The highest BCUT2D eigenvalue weighted by molar-refractivity contribution is 7.99. The molecule has 0 saturated carbocycles. The molecule has 3 rings (SSSR count). The molecule has 0 aliphatic heterocycles. The lowest BCUT2D eigenvalue weighted by Gasteiger charge is -2.32. The number of non-ortho nitro benzene ring substituents is 1. The Labute approximate surface area is 220 Å². The van der Waals surface area contributed by atoms with E-state index in [0.717, 1.165) is 11.1 Å².